The molecule has 36 heavy (non-hydrogen) atoms. The van der Waals surface area contributed by atoms with Gasteiger partial charge in [0.15, 0.2) is 11.6 Å². The average molecular weight is 527 g/mol. The van der Waals surface area contributed by atoms with Crippen molar-refractivity contribution in [3.63, 3.8) is 0 Å². The Morgan fingerprint density at radius 3 is 2.42 bits per heavy atom. The van der Waals surface area contributed by atoms with Gasteiger partial charge >= 0.3 is 12.4 Å². The molecule has 2 atom stereocenters. The molecular formula is C21H15F6N7OS. The predicted molar refractivity (Wildman–Crippen MR) is 116 cm³/mol. The predicted octanol–water partition coefficient (Wildman–Crippen LogP) is 4.96. The van der Waals surface area contributed by atoms with Crippen LogP contribution < -0.4 is 5.32 Å². The molecule has 0 amide bonds. The minimum Gasteiger partial charge on any atom is -0.374 e. The average Bonchev–Trinajstić information content (AvgIpc) is 3.26. The number of pyridine rings is 1. The zero-order valence-electron chi connectivity index (χ0n) is 18.4. The number of benzene rings is 1. The number of nitriles is 1. The normalized spacial score (nSPS) is 18.5. The lowest BCUT2D eigenvalue weighted by atomic mass is 9.99. The van der Waals surface area contributed by atoms with Crippen LogP contribution in [0.1, 0.15) is 41.0 Å². The van der Waals surface area contributed by atoms with Gasteiger partial charge in [-0.2, -0.15) is 45.7 Å². The molecule has 1 aliphatic heterocycles. The molecule has 4 rings (SSSR count). The van der Waals surface area contributed by atoms with Crippen LogP contribution in [0.4, 0.5) is 32.0 Å². The summed E-state index contributed by atoms with van der Waals surface area (Å²) < 4.78 is 99.1. The quantitative estimate of drug-likeness (QED) is 0.481. The summed E-state index contributed by atoms with van der Waals surface area (Å²) in [7, 11) is -3.38. The zero-order chi connectivity index (χ0) is 26.5. The van der Waals surface area contributed by atoms with Gasteiger partial charge < -0.3 is 5.32 Å². The molecule has 0 spiro atoms. The molecule has 3 heterocycles. The number of nitrogens with zero attached hydrogens (tertiary/aromatic N) is 6. The van der Waals surface area contributed by atoms with E-state index in [1.54, 1.807) is 0 Å². The van der Waals surface area contributed by atoms with Gasteiger partial charge in [-0.1, -0.05) is 0 Å². The molecule has 0 saturated carbocycles. The van der Waals surface area contributed by atoms with Crippen LogP contribution in [-0.4, -0.2) is 30.2 Å². The molecule has 0 aliphatic carbocycles. The molecule has 1 N–H and O–H groups in total. The number of fused-ring (bicyclic) bond motifs is 1. The highest BCUT2D eigenvalue weighted by Gasteiger charge is 2.41. The van der Waals surface area contributed by atoms with E-state index in [9.17, 15) is 30.6 Å². The van der Waals surface area contributed by atoms with Gasteiger partial charge in [-0.15, -0.1) is 0 Å². The summed E-state index contributed by atoms with van der Waals surface area (Å²) in [5, 5.41) is 16.8. The van der Waals surface area contributed by atoms with Gasteiger partial charge in [0.1, 0.15) is 12.4 Å². The third kappa shape index (κ3) is 4.89. The Morgan fingerprint density at radius 1 is 1.11 bits per heavy atom. The van der Waals surface area contributed by atoms with Crippen molar-refractivity contribution in [2.45, 2.75) is 25.3 Å². The molecule has 0 radical (unpaired) electrons. The van der Waals surface area contributed by atoms with Crippen LogP contribution in [0.3, 0.4) is 0 Å². The molecule has 8 nitrogen and oxygen atoms in total. The van der Waals surface area contributed by atoms with Gasteiger partial charge in [-0.3, -0.25) is 0 Å². The first-order chi connectivity index (χ1) is 16.7. The van der Waals surface area contributed by atoms with Gasteiger partial charge in [-0.05, 0) is 31.2 Å². The lowest BCUT2D eigenvalue weighted by Crippen LogP contribution is -2.24. The molecule has 0 bridgehead atoms. The molecular weight excluding hydrogens is 512 g/mol. The second-order valence-electron chi connectivity index (χ2n) is 7.81. The monoisotopic (exact) mass is 527 g/mol. The van der Waals surface area contributed by atoms with Crippen LogP contribution >= 0.6 is 0 Å². The summed E-state index contributed by atoms with van der Waals surface area (Å²) in [5.41, 5.74) is -4.48. The molecule has 0 saturated heterocycles. The number of alkyl halides is 6. The highest BCUT2D eigenvalue weighted by molar-refractivity contribution is 7.96. The van der Waals surface area contributed by atoms with E-state index < -0.39 is 50.5 Å². The Morgan fingerprint density at radius 2 is 1.83 bits per heavy atom. The third-order valence-corrected chi connectivity index (χ3v) is 6.29. The van der Waals surface area contributed by atoms with Gasteiger partial charge in [0.05, 0.1) is 43.8 Å². The Kier molecular flexibility index (Phi) is 6.03. The van der Waals surface area contributed by atoms with Crippen LogP contribution in [-0.2, 0) is 22.1 Å². The highest BCUT2D eigenvalue weighted by Crippen LogP contribution is 2.46. The summed E-state index contributed by atoms with van der Waals surface area (Å²) >= 11 is 0. The molecule has 2 unspecified atom stereocenters. The van der Waals surface area contributed by atoms with Gasteiger partial charge in [0.2, 0.25) is 0 Å². The minimum atomic E-state index is -5.18. The highest BCUT2D eigenvalue weighted by atomic mass is 32.2. The van der Waals surface area contributed by atoms with Crippen molar-refractivity contribution in [1.82, 2.24) is 25.1 Å². The smallest absolute Gasteiger partial charge is 0.374 e. The van der Waals surface area contributed by atoms with Crippen molar-refractivity contribution in [3.8, 4) is 11.9 Å². The molecule has 0 fully saturated rings. The Bertz CT molecular complexity index is 1520. The summed E-state index contributed by atoms with van der Waals surface area (Å²) in [5.74, 6) is 0.462. The molecule has 188 valence electrons. The number of rotatable bonds is 4. The van der Waals surface area contributed by atoms with Crippen LogP contribution in [0, 0.1) is 11.3 Å². The van der Waals surface area contributed by atoms with Crippen LogP contribution in [0.5, 0.6) is 0 Å². The second-order valence-corrected chi connectivity index (χ2v) is 9.95. The zero-order valence-corrected chi connectivity index (χ0v) is 19.2. The maximum absolute atomic E-state index is 13.7. The van der Waals surface area contributed by atoms with Crippen LogP contribution in [0.2, 0.25) is 0 Å². The third-order valence-electron chi connectivity index (χ3n) is 5.07. The summed E-state index contributed by atoms with van der Waals surface area (Å²) in [6.45, 7) is 1.53. The Balaban J connectivity index is 1.80. The topological polar surface area (TPSA) is 109 Å². The number of aromatic nitrogens is 4. The van der Waals surface area contributed by atoms with E-state index in [2.05, 4.69) is 24.7 Å². The van der Waals surface area contributed by atoms with Crippen molar-refractivity contribution in [1.29, 1.82) is 5.26 Å². The number of nitrogens with one attached hydrogen (secondary N) is 1. The first kappa shape index (κ1) is 25.2. The van der Waals surface area contributed by atoms with Crippen molar-refractivity contribution >= 4 is 21.1 Å². The summed E-state index contributed by atoms with van der Waals surface area (Å²) in [6.07, 6.45) is -6.70. The van der Waals surface area contributed by atoms with Gasteiger partial charge in [-0.25, -0.2) is 14.2 Å². The largest absolute Gasteiger partial charge is 0.418 e. The number of hydrogen-bond acceptors (Lipinski definition) is 7. The maximum Gasteiger partial charge on any atom is 0.418 e. The van der Waals surface area contributed by atoms with Crippen molar-refractivity contribution in [2.24, 2.45) is 4.36 Å². The van der Waals surface area contributed by atoms with E-state index in [1.165, 1.54) is 36.3 Å². The molecule has 15 heteroatoms. The number of hydrogen-bond donors (Lipinski definition) is 1. The fourth-order valence-electron chi connectivity index (χ4n) is 3.52. The molecule has 3 aromatic rings. The molecule has 1 aromatic carbocycles. The lowest BCUT2D eigenvalue weighted by molar-refractivity contribution is -0.142. The summed E-state index contributed by atoms with van der Waals surface area (Å²) in [6, 6.07) is 4.52. The Hall–Kier alpha value is -3.93. The van der Waals surface area contributed by atoms with E-state index in [-0.39, 0.29) is 29.0 Å². The van der Waals surface area contributed by atoms with E-state index in [0.29, 0.717) is 6.07 Å². The van der Waals surface area contributed by atoms with E-state index in [1.807, 2.05) is 6.07 Å². The van der Waals surface area contributed by atoms with Gasteiger partial charge in [0.25, 0.3) is 0 Å². The van der Waals surface area contributed by atoms with Gasteiger partial charge in [0, 0.05) is 23.4 Å². The standard InChI is InChI=1S/C21H15F6N7OS/c1-11(19-30-10-31-34(19)17-4-3-12(7-28)8-29-17)32-16-9-36(2,35)33-18-14(16)5-13(20(22,23)24)6-15(18)21(25,26)27/h3-6,8-11,32H,1-2H3. The molecule has 2 aromatic heterocycles. The van der Waals surface area contributed by atoms with Crippen LogP contribution in [0.15, 0.2) is 46.6 Å². The minimum absolute atomic E-state index is 0.0442. The molecule has 1 aliphatic rings. The maximum atomic E-state index is 13.7. The summed E-state index contributed by atoms with van der Waals surface area (Å²) in [4.78, 5) is 8.21. The van der Waals surface area contributed by atoms with Crippen molar-refractivity contribution in [2.75, 3.05) is 6.26 Å². The van der Waals surface area contributed by atoms with E-state index in [0.717, 1.165) is 11.7 Å². The van der Waals surface area contributed by atoms with Crippen molar-refractivity contribution < 1.29 is 30.6 Å². The van der Waals surface area contributed by atoms with E-state index >= 15 is 0 Å². The van der Waals surface area contributed by atoms with Crippen LogP contribution in [0.25, 0.3) is 11.5 Å². The van der Waals surface area contributed by atoms with E-state index in [4.69, 9.17) is 5.26 Å². The first-order valence-electron chi connectivity index (χ1n) is 9.99. The number of halogens is 6. The second kappa shape index (κ2) is 8.63. The van der Waals surface area contributed by atoms with Crippen molar-refractivity contribution in [3.05, 3.63) is 70.3 Å². The fraction of sp³-hybridized carbons (Fsp3) is 0.238. The SMILES string of the molecule is CC(NC1=CS(C)(=O)=Nc2c1cc(C(F)(F)F)cc2C(F)(F)F)c1ncnn1-c1ccc(C#N)cn1. The Labute approximate surface area is 200 Å². The fourth-order valence-corrected chi connectivity index (χ4v) is 4.76. The lowest BCUT2D eigenvalue weighted by Gasteiger charge is -2.25. The first-order valence-corrected chi connectivity index (χ1v) is 12.0.